The number of para-hydroxylation sites is 5. The molecule has 12 nitrogen and oxygen atoms in total. The van der Waals surface area contributed by atoms with Crippen LogP contribution in [-0.4, -0.2) is 39.9 Å². The van der Waals surface area contributed by atoms with Gasteiger partial charge in [0.25, 0.3) is 0 Å². The zero-order valence-corrected chi connectivity index (χ0v) is 80.0. The number of rotatable bonds is 16. The smallest absolute Gasteiger partial charge is 0.160 e. The lowest BCUT2D eigenvalue weighted by Gasteiger charge is -2.10. The van der Waals surface area contributed by atoms with E-state index in [0.717, 1.165) is 262 Å². The SMILES string of the molecule is c1ccc(-c2cc(-c3ccc(-c4ccc5c(c4)oc4ccccc45)cc3)nc(-c3ccccc3)n2)cc1.c1ccc(-c2cc(-c3ccc(-c4ccc5oc6ccccc6c5c4)cc3)nc(-c3ccccc3)n2)cc1.c1ccc(-c2cc(-c3ccc(-c4cccc5c4oc4ccccc45)cc3)nc(-c3ccccc3)n2)cc1.c1ccc(-c2cc(-c3ccc(-c4cccc5oc6ccccc6c45)cc3)nc(-c3ccccc3)n2)cc1. The number of hydrogen-bond acceptors (Lipinski definition) is 12. The largest absolute Gasteiger partial charge is 0.456 e. The van der Waals surface area contributed by atoms with E-state index in [9.17, 15) is 0 Å². The van der Waals surface area contributed by atoms with Crippen LogP contribution in [0.15, 0.2) is 552 Å². The molecule has 0 unspecified atom stereocenters. The lowest BCUT2D eigenvalue weighted by Crippen LogP contribution is -1.95. The molecule has 12 heteroatoms. The first-order valence-electron chi connectivity index (χ1n) is 49.4. The molecule has 0 fully saturated rings. The number of furan rings is 4. The van der Waals surface area contributed by atoms with Crippen LogP contribution in [0.25, 0.3) is 268 Å². The van der Waals surface area contributed by atoms with Crippen LogP contribution in [0, 0.1) is 0 Å². The van der Waals surface area contributed by atoms with Crippen molar-refractivity contribution in [3.05, 3.63) is 534 Å². The second-order valence-electron chi connectivity index (χ2n) is 36.3. The van der Waals surface area contributed by atoms with Crippen LogP contribution in [0.1, 0.15) is 0 Å². The summed E-state index contributed by atoms with van der Waals surface area (Å²) in [5, 5.41) is 9.10. The van der Waals surface area contributed by atoms with E-state index in [2.05, 4.69) is 267 Å². The van der Waals surface area contributed by atoms with Gasteiger partial charge in [-0.2, -0.15) is 0 Å². The second-order valence-corrected chi connectivity index (χ2v) is 36.3. The first kappa shape index (κ1) is 89.3. The van der Waals surface area contributed by atoms with Gasteiger partial charge in [0.2, 0.25) is 0 Å². The van der Waals surface area contributed by atoms with Gasteiger partial charge in [-0.25, -0.2) is 39.9 Å². The highest BCUT2D eigenvalue weighted by molar-refractivity contribution is 6.13. The predicted molar refractivity (Wildman–Crippen MR) is 604 cm³/mol. The van der Waals surface area contributed by atoms with Crippen molar-refractivity contribution in [3.63, 3.8) is 0 Å². The normalized spacial score (nSPS) is 11.2. The summed E-state index contributed by atoms with van der Waals surface area (Å²) >= 11 is 0. The van der Waals surface area contributed by atoms with E-state index < -0.39 is 0 Å². The Hall–Kier alpha value is -20.1. The lowest BCUT2D eigenvalue weighted by molar-refractivity contribution is 0.668. The molecule has 696 valence electrons. The van der Waals surface area contributed by atoms with E-state index in [1.807, 2.05) is 267 Å². The minimum absolute atomic E-state index is 0.716. The molecule has 0 saturated carbocycles. The monoisotopic (exact) mass is 1900 g/mol. The van der Waals surface area contributed by atoms with E-state index in [1.165, 1.54) is 0 Å². The Morgan fingerprint density at radius 2 is 0.345 bits per heavy atom. The van der Waals surface area contributed by atoms with Gasteiger partial charge in [0, 0.05) is 115 Å². The zero-order chi connectivity index (χ0) is 98.4. The van der Waals surface area contributed by atoms with Crippen molar-refractivity contribution in [2.24, 2.45) is 0 Å². The zero-order valence-electron chi connectivity index (χ0n) is 80.0. The van der Waals surface area contributed by atoms with Gasteiger partial charge in [0.1, 0.15) is 44.7 Å². The molecule has 0 atom stereocenters. The molecule has 8 heterocycles. The van der Waals surface area contributed by atoms with Crippen molar-refractivity contribution in [1.82, 2.24) is 39.9 Å². The topological polar surface area (TPSA) is 156 Å². The summed E-state index contributed by atoms with van der Waals surface area (Å²) in [7, 11) is 0. The third-order valence-electron chi connectivity index (χ3n) is 26.9. The van der Waals surface area contributed by atoms with Crippen molar-refractivity contribution < 1.29 is 17.7 Å². The Bertz CT molecular complexity index is 9400. The number of hydrogen-bond donors (Lipinski definition) is 0. The van der Waals surface area contributed by atoms with Crippen LogP contribution >= 0.6 is 0 Å². The number of fused-ring (bicyclic) bond motifs is 12. The van der Waals surface area contributed by atoms with Gasteiger partial charge in [0.15, 0.2) is 23.3 Å². The van der Waals surface area contributed by atoms with Crippen LogP contribution in [0.4, 0.5) is 0 Å². The van der Waals surface area contributed by atoms with Crippen molar-refractivity contribution >= 4 is 87.8 Å². The molecule has 0 aliphatic rings. The van der Waals surface area contributed by atoms with Crippen molar-refractivity contribution in [2.75, 3.05) is 0 Å². The number of benzene rings is 20. The van der Waals surface area contributed by atoms with Crippen LogP contribution in [0.5, 0.6) is 0 Å². The third-order valence-corrected chi connectivity index (χ3v) is 26.9. The fraction of sp³-hybridized carbons (Fsp3) is 0. The number of aromatic nitrogens is 8. The molecule has 28 rings (SSSR count). The van der Waals surface area contributed by atoms with Gasteiger partial charge in [0.05, 0.1) is 45.6 Å². The van der Waals surface area contributed by atoms with E-state index in [4.69, 9.17) is 57.5 Å². The quantitative estimate of drug-likeness (QED) is 0.0904. The summed E-state index contributed by atoms with van der Waals surface area (Å²) in [6.07, 6.45) is 0. The number of nitrogens with zero attached hydrogens (tertiary/aromatic N) is 8. The Morgan fingerprint density at radius 1 is 0.115 bits per heavy atom. The molecular weight excluding hydrogens is 1810 g/mol. The summed E-state index contributed by atoms with van der Waals surface area (Å²) in [4.78, 5) is 39.4. The van der Waals surface area contributed by atoms with E-state index in [1.54, 1.807) is 0 Å². The van der Waals surface area contributed by atoms with Gasteiger partial charge < -0.3 is 17.7 Å². The molecule has 0 radical (unpaired) electrons. The van der Waals surface area contributed by atoms with Crippen molar-refractivity contribution in [2.45, 2.75) is 0 Å². The molecule has 0 spiro atoms. The first-order valence-corrected chi connectivity index (χ1v) is 49.4. The summed E-state index contributed by atoms with van der Waals surface area (Å²) in [5.41, 5.74) is 36.0. The fourth-order valence-corrected chi connectivity index (χ4v) is 19.4. The summed E-state index contributed by atoms with van der Waals surface area (Å²) in [6.45, 7) is 0. The van der Waals surface area contributed by atoms with Gasteiger partial charge in [-0.05, 0) is 118 Å². The van der Waals surface area contributed by atoms with Crippen molar-refractivity contribution in [3.8, 4) is 180 Å². The fourth-order valence-electron chi connectivity index (χ4n) is 19.4. The molecule has 8 aromatic heterocycles. The van der Waals surface area contributed by atoms with Gasteiger partial charge >= 0.3 is 0 Å². The van der Waals surface area contributed by atoms with E-state index >= 15 is 0 Å². The molecule has 148 heavy (non-hydrogen) atoms. The Labute approximate surface area is 853 Å². The van der Waals surface area contributed by atoms with Gasteiger partial charge in [-0.15, -0.1) is 0 Å². The average molecular weight is 1900 g/mol. The highest BCUT2D eigenvalue weighted by Gasteiger charge is 2.22. The predicted octanol–water partition coefficient (Wildman–Crippen LogP) is 36.2. The van der Waals surface area contributed by atoms with Crippen LogP contribution in [0.3, 0.4) is 0 Å². The minimum Gasteiger partial charge on any atom is -0.456 e. The molecule has 0 amide bonds. The molecule has 28 aromatic rings. The summed E-state index contributed by atoms with van der Waals surface area (Å²) in [6, 6.07) is 182. The highest BCUT2D eigenvalue weighted by atomic mass is 16.3. The van der Waals surface area contributed by atoms with Gasteiger partial charge in [-0.3, -0.25) is 0 Å². The van der Waals surface area contributed by atoms with Crippen molar-refractivity contribution in [1.29, 1.82) is 0 Å². The maximum Gasteiger partial charge on any atom is 0.160 e. The van der Waals surface area contributed by atoms with Gasteiger partial charge in [-0.1, -0.05) is 455 Å². The Morgan fingerprint density at radius 3 is 0.730 bits per heavy atom. The maximum atomic E-state index is 6.26. The van der Waals surface area contributed by atoms with Crippen LogP contribution in [0.2, 0.25) is 0 Å². The van der Waals surface area contributed by atoms with E-state index in [0.29, 0.717) is 5.82 Å². The average Bonchev–Trinajstić information content (AvgIpc) is 1.61. The molecule has 0 aliphatic heterocycles. The minimum atomic E-state index is 0.716. The third kappa shape index (κ3) is 18.5. The molecule has 0 saturated heterocycles. The lowest BCUT2D eigenvalue weighted by atomic mass is 9.97. The molecule has 0 N–H and O–H groups in total. The van der Waals surface area contributed by atoms with Crippen LogP contribution < -0.4 is 0 Å². The summed E-state index contributed by atoms with van der Waals surface area (Å²) in [5.74, 6) is 2.87. The molecule has 20 aromatic carbocycles. The van der Waals surface area contributed by atoms with Crippen LogP contribution in [-0.2, 0) is 0 Å². The highest BCUT2D eigenvalue weighted by Crippen LogP contribution is 2.44. The molecular formula is C136H88N8O4. The molecule has 0 aliphatic carbocycles. The Balaban J connectivity index is 0.000000103. The molecule has 0 bridgehead atoms. The first-order chi connectivity index (χ1) is 73.3. The standard InChI is InChI=1S/4C34H22N2O/c1-3-10-24(11-4-1)30-22-31(36-34(35-30)26-12-5-2-6-13-26)25-20-18-23(19-21-25)27-15-9-16-29-28-14-7-8-17-32(28)37-33(27)29;1-3-10-24(11-4-1)29-22-30(36-34(35-29)26-12-5-2-6-13-26)25-20-18-23(19-21-25)27-15-9-17-32-33(27)28-14-7-8-16-31(28)37-32;1-3-9-24(10-4-1)30-22-31(36-34(35-30)26-11-5-2-6-12-26)25-17-15-23(16-18-25)27-19-20-33-29(21-27)28-13-7-8-14-32(28)37-33;1-3-9-24(10-4-1)30-22-31(36-34(35-30)26-11-5-2-6-12-26)25-17-15-23(16-18-25)27-19-20-29-28-13-7-8-14-32(28)37-33(29)21-27/h4*1-22H. The van der Waals surface area contributed by atoms with E-state index in [-0.39, 0.29) is 0 Å². The Kier molecular flexibility index (Phi) is 24.2. The second kappa shape index (κ2) is 40.1. The summed E-state index contributed by atoms with van der Waals surface area (Å²) < 4.78 is 24.5. The maximum absolute atomic E-state index is 6.26.